The van der Waals surface area contributed by atoms with Crippen LogP contribution in [-0.4, -0.2) is 38.6 Å². The second kappa shape index (κ2) is 7.40. The van der Waals surface area contributed by atoms with E-state index in [1.54, 1.807) is 0 Å². The summed E-state index contributed by atoms with van der Waals surface area (Å²) in [6.07, 6.45) is 1.12. The predicted octanol–water partition coefficient (Wildman–Crippen LogP) is 3.10. The fraction of sp³-hybridized carbons (Fsp3) is 0.500. The fourth-order valence-electron chi connectivity index (χ4n) is 1.87. The highest BCUT2D eigenvalue weighted by molar-refractivity contribution is 9.10. The SMILES string of the molecule is CCN(CCCN(C)C)c1cc(Br)cc(C#N)c1. The Kier molecular flexibility index (Phi) is 6.17. The summed E-state index contributed by atoms with van der Waals surface area (Å²) in [5.74, 6) is 0. The van der Waals surface area contributed by atoms with Crippen LogP contribution in [0.2, 0.25) is 0 Å². The lowest BCUT2D eigenvalue weighted by Crippen LogP contribution is -2.27. The van der Waals surface area contributed by atoms with E-state index in [-0.39, 0.29) is 0 Å². The molecular formula is C14H20BrN3. The first-order valence-corrected chi connectivity index (χ1v) is 6.96. The molecule has 0 fully saturated rings. The average Bonchev–Trinajstić information content (AvgIpc) is 2.33. The average molecular weight is 310 g/mol. The predicted molar refractivity (Wildman–Crippen MR) is 79.9 cm³/mol. The Morgan fingerprint density at radius 3 is 2.50 bits per heavy atom. The summed E-state index contributed by atoms with van der Waals surface area (Å²) in [5, 5.41) is 8.99. The third kappa shape index (κ3) is 4.67. The van der Waals surface area contributed by atoms with E-state index in [2.05, 4.69) is 58.9 Å². The van der Waals surface area contributed by atoms with Gasteiger partial charge in [0.15, 0.2) is 0 Å². The van der Waals surface area contributed by atoms with Gasteiger partial charge < -0.3 is 9.80 Å². The Labute approximate surface area is 118 Å². The first-order chi connectivity index (χ1) is 8.56. The summed E-state index contributed by atoms with van der Waals surface area (Å²) in [4.78, 5) is 4.49. The van der Waals surface area contributed by atoms with Gasteiger partial charge in [-0.1, -0.05) is 15.9 Å². The Hall–Kier alpha value is -1.05. The number of hydrogen-bond acceptors (Lipinski definition) is 3. The van der Waals surface area contributed by atoms with Crippen molar-refractivity contribution in [2.75, 3.05) is 38.6 Å². The van der Waals surface area contributed by atoms with Crippen LogP contribution in [-0.2, 0) is 0 Å². The maximum Gasteiger partial charge on any atom is 0.0992 e. The van der Waals surface area contributed by atoms with Gasteiger partial charge in [-0.15, -0.1) is 0 Å². The van der Waals surface area contributed by atoms with E-state index in [1.165, 1.54) is 0 Å². The summed E-state index contributed by atoms with van der Waals surface area (Å²) in [6.45, 7) is 5.18. The lowest BCUT2D eigenvalue weighted by molar-refractivity contribution is 0.400. The number of halogens is 1. The highest BCUT2D eigenvalue weighted by Gasteiger charge is 2.07. The molecule has 0 amide bonds. The van der Waals surface area contributed by atoms with Crippen LogP contribution in [0.4, 0.5) is 5.69 Å². The van der Waals surface area contributed by atoms with Gasteiger partial charge in [0, 0.05) is 23.2 Å². The molecule has 0 aliphatic rings. The van der Waals surface area contributed by atoms with Gasteiger partial charge >= 0.3 is 0 Å². The van der Waals surface area contributed by atoms with Crippen LogP contribution >= 0.6 is 15.9 Å². The zero-order valence-corrected chi connectivity index (χ0v) is 12.9. The highest BCUT2D eigenvalue weighted by atomic mass is 79.9. The van der Waals surface area contributed by atoms with Crippen molar-refractivity contribution < 1.29 is 0 Å². The Balaban J connectivity index is 2.75. The molecule has 0 saturated heterocycles. The molecule has 1 aromatic rings. The van der Waals surface area contributed by atoms with Gasteiger partial charge in [-0.2, -0.15) is 5.26 Å². The molecule has 0 aromatic heterocycles. The van der Waals surface area contributed by atoms with E-state index in [1.807, 2.05) is 12.1 Å². The summed E-state index contributed by atoms with van der Waals surface area (Å²) in [6, 6.07) is 8.06. The van der Waals surface area contributed by atoms with Crippen molar-refractivity contribution >= 4 is 21.6 Å². The van der Waals surface area contributed by atoms with Gasteiger partial charge in [0.2, 0.25) is 0 Å². The monoisotopic (exact) mass is 309 g/mol. The first kappa shape index (κ1) is 15.0. The Bertz CT molecular complexity index is 424. The van der Waals surface area contributed by atoms with Gasteiger partial charge in [-0.25, -0.2) is 0 Å². The normalized spacial score (nSPS) is 10.4. The second-order valence-corrected chi connectivity index (χ2v) is 5.46. The van der Waals surface area contributed by atoms with E-state index >= 15 is 0 Å². The van der Waals surface area contributed by atoms with E-state index in [9.17, 15) is 0 Å². The molecule has 0 atom stereocenters. The molecule has 0 saturated carbocycles. The van der Waals surface area contributed by atoms with E-state index in [0.717, 1.165) is 36.2 Å². The van der Waals surface area contributed by atoms with Crippen molar-refractivity contribution in [3.8, 4) is 6.07 Å². The minimum Gasteiger partial charge on any atom is -0.372 e. The molecule has 98 valence electrons. The van der Waals surface area contributed by atoms with Crippen molar-refractivity contribution in [2.24, 2.45) is 0 Å². The fourth-order valence-corrected chi connectivity index (χ4v) is 2.35. The van der Waals surface area contributed by atoms with E-state index in [4.69, 9.17) is 5.26 Å². The van der Waals surface area contributed by atoms with Crippen molar-refractivity contribution in [2.45, 2.75) is 13.3 Å². The molecule has 3 nitrogen and oxygen atoms in total. The van der Waals surface area contributed by atoms with Crippen molar-refractivity contribution in [1.29, 1.82) is 5.26 Å². The number of nitrogens with zero attached hydrogens (tertiary/aromatic N) is 3. The third-order valence-corrected chi connectivity index (χ3v) is 3.25. The molecule has 0 unspecified atom stereocenters. The molecular weight excluding hydrogens is 290 g/mol. The van der Waals surface area contributed by atoms with Crippen LogP contribution in [0.5, 0.6) is 0 Å². The molecule has 1 rings (SSSR count). The molecule has 0 aliphatic carbocycles. The molecule has 0 spiro atoms. The van der Waals surface area contributed by atoms with Crippen LogP contribution in [0.3, 0.4) is 0 Å². The van der Waals surface area contributed by atoms with Crippen LogP contribution < -0.4 is 4.90 Å². The minimum atomic E-state index is 0.699. The second-order valence-electron chi connectivity index (χ2n) is 4.55. The van der Waals surface area contributed by atoms with Crippen molar-refractivity contribution in [1.82, 2.24) is 4.90 Å². The lowest BCUT2D eigenvalue weighted by Gasteiger charge is -2.24. The maximum atomic E-state index is 8.99. The standard InChI is InChI=1S/C14H20BrN3/c1-4-18(7-5-6-17(2)3)14-9-12(11-16)8-13(15)10-14/h8-10H,4-7H2,1-3H3. The molecule has 0 aliphatic heterocycles. The summed E-state index contributed by atoms with van der Waals surface area (Å²) in [5.41, 5.74) is 1.81. The largest absolute Gasteiger partial charge is 0.372 e. The quantitative estimate of drug-likeness (QED) is 0.809. The number of anilines is 1. The number of benzene rings is 1. The molecule has 0 heterocycles. The molecule has 4 heteroatoms. The summed E-state index contributed by atoms with van der Waals surface area (Å²) >= 11 is 3.46. The van der Waals surface area contributed by atoms with Gasteiger partial charge in [0.05, 0.1) is 11.6 Å². The van der Waals surface area contributed by atoms with Gasteiger partial charge in [-0.05, 0) is 52.2 Å². The Morgan fingerprint density at radius 1 is 1.22 bits per heavy atom. The number of hydrogen-bond donors (Lipinski definition) is 0. The number of rotatable bonds is 6. The smallest absolute Gasteiger partial charge is 0.0992 e. The molecule has 18 heavy (non-hydrogen) atoms. The van der Waals surface area contributed by atoms with Gasteiger partial charge in [0.1, 0.15) is 0 Å². The minimum absolute atomic E-state index is 0.699. The topological polar surface area (TPSA) is 30.3 Å². The highest BCUT2D eigenvalue weighted by Crippen LogP contribution is 2.22. The molecule has 0 bridgehead atoms. The van der Waals surface area contributed by atoms with Crippen LogP contribution in [0.15, 0.2) is 22.7 Å². The zero-order chi connectivity index (χ0) is 13.5. The molecule has 1 aromatic carbocycles. The first-order valence-electron chi connectivity index (χ1n) is 6.17. The zero-order valence-electron chi connectivity index (χ0n) is 11.3. The van der Waals surface area contributed by atoms with Gasteiger partial charge in [-0.3, -0.25) is 0 Å². The third-order valence-electron chi connectivity index (χ3n) is 2.79. The van der Waals surface area contributed by atoms with Crippen LogP contribution in [0.1, 0.15) is 18.9 Å². The summed E-state index contributed by atoms with van der Waals surface area (Å²) < 4.78 is 0.961. The lowest BCUT2D eigenvalue weighted by atomic mass is 10.2. The maximum absolute atomic E-state index is 8.99. The van der Waals surface area contributed by atoms with Gasteiger partial charge in [0.25, 0.3) is 0 Å². The molecule has 0 N–H and O–H groups in total. The van der Waals surface area contributed by atoms with Crippen molar-refractivity contribution in [3.05, 3.63) is 28.2 Å². The summed E-state index contributed by atoms with van der Waals surface area (Å²) in [7, 11) is 4.17. The van der Waals surface area contributed by atoms with Crippen LogP contribution in [0.25, 0.3) is 0 Å². The Morgan fingerprint density at radius 2 is 1.94 bits per heavy atom. The van der Waals surface area contributed by atoms with Crippen LogP contribution in [0, 0.1) is 11.3 Å². The van der Waals surface area contributed by atoms with E-state index < -0.39 is 0 Å². The number of nitriles is 1. The molecule has 0 radical (unpaired) electrons. The van der Waals surface area contributed by atoms with Crippen molar-refractivity contribution in [3.63, 3.8) is 0 Å². The van der Waals surface area contributed by atoms with E-state index in [0.29, 0.717) is 5.56 Å².